The van der Waals surface area contributed by atoms with Gasteiger partial charge in [-0.2, -0.15) is 5.10 Å². The second-order valence-corrected chi connectivity index (χ2v) is 5.52. The fourth-order valence-electron chi connectivity index (χ4n) is 2.30. The van der Waals surface area contributed by atoms with Crippen LogP contribution in [0.15, 0.2) is 10.7 Å². The van der Waals surface area contributed by atoms with Gasteiger partial charge in [-0.3, -0.25) is 9.48 Å². The van der Waals surface area contributed by atoms with Crippen molar-refractivity contribution in [3.8, 4) is 0 Å². The van der Waals surface area contributed by atoms with Crippen LogP contribution in [0.5, 0.6) is 0 Å². The fourth-order valence-corrected chi connectivity index (χ4v) is 2.82. The number of hydrogen-bond acceptors (Lipinski definition) is 3. The van der Waals surface area contributed by atoms with Gasteiger partial charge in [0.2, 0.25) is 0 Å². The standard InChI is InChI=1S/C13H19BrN2O2/c1-2-7-16-13(11(14)9-15-16)12(17)6-5-10-4-3-8-18-10/h9-10H,2-8H2,1H3. The lowest BCUT2D eigenvalue weighted by molar-refractivity contribution is 0.0851. The van der Waals surface area contributed by atoms with E-state index < -0.39 is 0 Å². The molecule has 1 aliphatic heterocycles. The first-order valence-corrected chi connectivity index (χ1v) is 7.37. The predicted molar refractivity (Wildman–Crippen MR) is 72.8 cm³/mol. The van der Waals surface area contributed by atoms with E-state index in [1.807, 2.05) is 0 Å². The van der Waals surface area contributed by atoms with Crippen LogP contribution in [0.3, 0.4) is 0 Å². The highest BCUT2D eigenvalue weighted by molar-refractivity contribution is 9.10. The summed E-state index contributed by atoms with van der Waals surface area (Å²) in [5, 5.41) is 4.22. The van der Waals surface area contributed by atoms with Gasteiger partial charge in [-0.15, -0.1) is 0 Å². The third kappa shape index (κ3) is 3.20. The predicted octanol–water partition coefficient (Wildman–Crippen LogP) is 3.20. The Kier molecular flexibility index (Phi) is 4.95. The second kappa shape index (κ2) is 6.48. The third-order valence-corrected chi connectivity index (χ3v) is 3.79. The van der Waals surface area contributed by atoms with E-state index in [2.05, 4.69) is 28.0 Å². The highest BCUT2D eigenvalue weighted by Gasteiger charge is 2.20. The highest BCUT2D eigenvalue weighted by atomic mass is 79.9. The van der Waals surface area contributed by atoms with Crippen molar-refractivity contribution in [2.24, 2.45) is 0 Å². The quantitative estimate of drug-likeness (QED) is 0.757. The molecule has 1 atom stereocenters. The molecule has 1 aromatic rings. The summed E-state index contributed by atoms with van der Waals surface area (Å²) in [5.41, 5.74) is 0.704. The summed E-state index contributed by atoms with van der Waals surface area (Å²) in [7, 11) is 0. The maximum atomic E-state index is 12.2. The van der Waals surface area contributed by atoms with Gasteiger partial charge in [0.15, 0.2) is 5.78 Å². The van der Waals surface area contributed by atoms with Gasteiger partial charge >= 0.3 is 0 Å². The molecule has 2 rings (SSSR count). The number of carbonyl (C=O) groups is 1. The summed E-state index contributed by atoms with van der Waals surface area (Å²) in [5.74, 6) is 0.156. The molecule has 1 aromatic heterocycles. The first kappa shape index (κ1) is 13.7. The van der Waals surface area contributed by atoms with Gasteiger partial charge in [0.25, 0.3) is 0 Å². The Morgan fingerprint density at radius 2 is 2.50 bits per heavy atom. The van der Waals surface area contributed by atoms with Crippen LogP contribution in [-0.4, -0.2) is 28.3 Å². The van der Waals surface area contributed by atoms with Crippen LogP contribution >= 0.6 is 15.9 Å². The summed E-state index contributed by atoms with van der Waals surface area (Å²) in [6.45, 7) is 3.71. The van der Waals surface area contributed by atoms with Crippen LogP contribution < -0.4 is 0 Å². The lowest BCUT2D eigenvalue weighted by Crippen LogP contribution is -2.14. The van der Waals surface area contributed by atoms with Crippen LogP contribution in [0.1, 0.15) is 49.5 Å². The largest absolute Gasteiger partial charge is 0.378 e. The van der Waals surface area contributed by atoms with E-state index in [-0.39, 0.29) is 11.9 Å². The monoisotopic (exact) mass is 314 g/mol. The van der Waals surface area contributed by atoms with Gasteiger partial charge < -0.3 is 4.74 Å². The first-order chi connectivity index (χ1) is 8.72. The maximum absolute atomic E-state index is 12.2. The number of carbonyl (C=O) groups excluding carboxylic acids is 1. The molecule has 1 saturated heterocycles. The average molecular weight is 315 g/mol. The number of Topliss-reactive ketones (excluding diaryl/α,β-unsaturated/α-hetero) is 1. The number of ketones is 1. The molecule has 0 amide bonds. The van der Waals surface area contributed by atoms with Gasteiger partial charge in [0.05, 0.1) is 16.8 Å². The molecule has 0 saturated carbocycles. The van der Waals surface area contributed by atoms with Gasteiger partial charge in [0.1, 0.15) is 5.69 Å². The minimum Gasteiger partial charge on any atom is -0.378 e. The highest BCUT2D eigenvalue weighted by Crippen LogP contribution is 2.22. The van der Waals surface area contributed by atoms with Crippen molar-refractivity contribution >= 4 is 21.7 Å². The zero-order chi connectivity index (χ0) is 13.0. The Balaban J connectivity index is 1.96. The summed E-state index contributed by atoms with van der Waals surface area (Å²) >= 11 is 3.41. The summed E-state index contributed by atoms with van der Waals surface area (Å²) in [4.78, 5) is 12.2. The van der Waals surface area contributed by atoms with Gasteiger partial charge in [-0.1, -0.05) is 6.92 Å². The minimum atomic E-state index is 0.156. The topological polar surface area (TPSA) is 44.1 Å². The number of aromatic nitrogens is 2. The normalized spacial score (nSPS) is 19.3. The summed E-state index contributed by atoms with van der Waals surface area (Å²) < 4.78 is 8.14. The molecule has 1 unspecified atom stereocenters. The van der Waals surface area contributed by atoms with Crippen molar-refractivity contribution in [3.63, 3.8) is 0 Å². The van der Waals surface area contributed by atoms with Gasteiger partial charge in [-0.25, -0.2) is 0 Å². The molecular weight excluding hydrogens is 296 g/mol. The molecule has 4 nitrogen and oxygen atoms in total. The van der Waals surface area contributed by atoms with E-state index in [1.54, 1.807) is 10.9 Å². The Labute approximate surface area is 116 Å². The summed E-state index contributed by atoms with van der Waals surface area (Å²) in [6.07, 6.45) is 6.52. The van der Waals surface area contributed by atoms with Crippen LogP contribution in [-0.2, 0) is 11.3 Å². The molecular formula is C13H19BrN2O2. The molecule has 0 bridgehead atoms. The average Bonchev–Trinajstić information content (AvgIpc) is 2.97. The molecule has 18 heavy (non-hydrogen) atoms. The molecule has 2 heterocycles. The van der Waals surface area contributed by atoms with E-state index in [4.69, 9.17) is 4.74 Å². The zero-order valence-electron chi connectivity index (χ0n) is 10.7. The third-order valence-electron chi connectivity index (χ3n) is 3.21. The van der Waals surface area contributed by atoms with Gasteiger partial charge in [-0.05, 0) is 41.6 Å². The van der Waals surface area contributed by atoms with Crippen LogP contribution in [0, 0.1) is 0 Å². The summed E-state index contributed by atoms with van der Waals surface area (Å²) in [6, 6.07) is 0. The smallest absolute Gasteiger partial charge is 0.182 e. The fraction of sp³-hybridized carbons (Fsp3) is 0.692. The molecule has 0 aromatic carbocycles. The van der Waals surface area contributed by atoms with E-state index in [1.165, 1.54) is 0 Å². The maximum Gasteiger partial charge on any atom is 0.182 e. The van der Waals surface area contributed by atoms with Crippen molar-refractivity contribution in [1.29, 1.82) is 0 Å². The molecule has 0 aliphatic carbocycles. The van der Waals surface area contributed by atoms with Gasteiger partial charge in [0, 0.05) is 19.6 Å². The Morgan fingerprint density at radius 3 is 3.17 bits per heavy atom. The number of halogens is 1. The number of hydrogen-bond donors (Lipinski definition) is 0. The molecule has 5 heteroatoms. The van der Waals surface area contributed by atoms with E-state index in [0.717, 1.165) is 43.3 Å². The number of ether oxygens (including phenoxy) is 1. The van der Waals surface area contributed by atoms with Crippen molar-refractivity contribution in [2.45, 2.75) is 51.7 Å². The zero-order valence-corrected chi connectivity index (χ0v) is 12.3. The van der Waals surface area contributed by atoms with Crippen molar-refractivity contribution in [3.05, 3.63) is 16.4 Å². The van der Waals surface area contributed by atoms with Crippen LogP contribution in [0.2, 0.25) is 0 Å². The molecule has 0 spiro atoms. The Hall–Kier alpha value is -0.680. The van der Waals surface area contributed by atoms with Crippen molar-refractivity contribution in [2.75, 3.05) is 6.61 Å². The van der Waals surface area contributed by atoms with E-state index in [0.29, 0.717) is 12.1 Å². The van der Waals surface area contributed by atoms with E-state index >= 15 is 0 Å². The Morgan fingerprint density at radius 1 is 1.67 bits per heavy atom. The number of nitrogens with zero attached hydrogens (tertiary/aromatic N) is 2. The lowest BCUT2D eigenvalue weighted by atomic mass is 10.1. The SMILES string of the molecule is CCCn1ncc(Br)c1C(=O)CCC1CCCO1. The van der Waals surface area contributed by atoms with Crippen molar-refractivity contribution < 1.29 is 9.53 Å². The van der Waals surface area contributed by atoms with Crippen molar-refractivity contribution in [1.82, 2.24) is 9.78 Å². The molecule has 0 radical (unpaired) electrons. The second-order valence-electron chi connectivity index (χ2n) is 4.66. The first-order valence-electron chi connectivity index (χ1n) is 6.58. The molecule has 100 valence electrons. The van der Waals surface area contributed by atoms with E-state index in [9.17, 15) is 4.79 Å². The van der Waals surface area contributed by atoms with Crippen LogP contribution in [0.25, 0.3) is 0 Å². The van der Waals surface area contributed by atoms with Crippen LogP contribution in [0.4, 0.5) is 0 Å². The number of aryl methyl sites for hydroxylation is 1. The molecule has 1 aliphatic rings. The molecule has 0 N–H and O–H groups in total. The Bertz CT molecular complexity index is 411. The number of rotatable bonds is 6. The lowest BCUT2D eigenvalue weighted by Gasteiger charge is -2.09. The molecule has 1 fully saturated rings. The minimum absolute atomic E-state index is 0.156.